The molecule has 1 amide bonds. The van der Waals surface area contributed by atoms with Gasteiger partial charge in [0.2, 0.25) is 0 Å². The van der Waals surface area contributed by atoms with Gasteiger partial charge in [-0.3, -0.25) is 4.79 Å². The number of hydrogen-bond donors (Lipinski definition) is 1. The van der Waals surface area contributed by atoms with Crippen molar-refractivity contribution in [2.45, 2.75) is 32.6 Å². The lowest BCUT2D eigenvalue weighted by molar-refractivity contribution is 0.0712. The number of fused-ring (bicyclic) bond motifs is 1. The van der Waals surface area contributed by atoms with Crippen molar-refractivity contribution >= 4 is 28.4 Å². The lowest BCUT2D eigenvalue weighted by Gasteiger charge is -2.31. The summed E-state index contributed by atoms with van der Waals surface area (Å²) in [6.07, 6.45) is 1.97. The molecule has 1 fully saturated rings. The summed E-state index contributed by atoms with van der Waals surface area (Å²) in [5, 5.41) is 1.91. The van der Waals surface area contributed by atoms with E-state index in [0.29, 0.717) is 5.92 Å². The van der Waals surface area contributed by atoms with Crippen molar-refractivity contribution in [1.82, 2.24) is 9.88 Å². The molecule has 0 radical (unpaired) electrons. The van der Waals surface area contributed by atoms with E-state index in [1.54, 1.807) is 0 Å². The second-order valence-electron chi connectivity index (χ2n) is 7.32. The molecule has 2 heterocycles. The standard InChI is InChI=1S/C22H23ClN2O/c1-14-3-4-17(11-15(14)2)22(26)25-9-7-16(8-10-25)21-13-18-12-19(23)5-6-20(18)24-21/h3-6,11-13,16,24H,7-10H2,1-2H3. The number of halogens is 1. The van der Waals surface area contributed by atoms with Gasteiger partial charge in [0, 0.05) is 46.2 Å². The van der Waals surface area contributed by atoms with Crippen LogP contribution in [0.3, 0.4) is 0 Å². The van der Waals surface area contributed by atoms with E-state index in [0.717, 1.165) is 47.4 Å². The van der Waals surface area contributed by atoms with Crippen molar-refractivity contribution < 1.29 is 4.79 Å². The van der Waals surface area contributed by atoms with Crippen LogP contribution in [0.2, 0.25) is 5.02 Å². The first-order valence-electron chi connectivity index (χ1n) is 9.16. The Kier molecular flexibility index (Phi) is 4.49. The zero-order valence-corrected chi connectivity index (χ0v) is 15.9. The number of benzene rings is 2. The van der Waals surface area contributed by atoms with Gasteiger partial charge in [0.25, 0.3) is 5.91 Å². The second kappa shape index (κ2) is 6.81. The fourth-order valence-corrected chi connectivity index (χ4v) is 3.98. The highest BCUT2D eigenvalue weighted by Crippen LogP contribution is 2.31. The van der Waals surface area contributed by atoms with E-state index in [-0.39, 0.29) is 5.91 Å². The van der Waals surface area contributed by atoms with E-state index in [1.165, 1.54) is 16.8 Å². The maximum Gasteiger partial charge on any atom is 0.253 e. The number of carbonyl (C=O) groups excluding carboxylic acids is 1. The van der Waals surface area contributed by atoms with Gasteiger partial charge in [0.1, 0.15) is 0 Å². The van der Waals surface area contributed by atoms with Crippen LogP contribution in [-0.4, -0.2) is 28.9 Å². The normalized spacial score (nSPS) is 15.6. The number of nitrogens with zero attached hydrogens (tertiary/aromatic N) is 1. The molecule has 134 valence electrons. The smallest absolute Gasteiger partial charge is 0.253 e. The van der Waals surface area contributed by atoms with Gasteiger partial charge in [-0.2, -0.15) is 0 Å². The molecule has 26 heavy (non-hydrogen) atoms. The summed E-state index contributed by atoms with van der Waals surface area (Å²) in [5.74, 6) is 0.611. The van der Waals surface area contributed by atoms with E-state index in [4.69, 9.17) is 11.6 Å². The Morgan fingerprint density at radius 2 is 1.81 bits per heavy atom. The number of amides is 1. The molecule has 0 atom stereocenters. The number of aromatic amines is 1. The third-order valence-corrected chi connectivity index (χ3v) is 5.81. The summed E-state index contributed by atoms with van der Waals surface area (Å²) in [6.45, 7) is 5.72. The summed E-state index contributed by atoms with van der Waals surface area (Å²) in [6, 6.07) is 14.1. The summed E-state index contributed by atoms with van der Waals surface area (Å²) in [7, 11) is 0. The van der Waals surface area contributed by atoms with Gasteiger partial charge in [-0.25, -0.2) is 0 Å². The molecule has 1 aliphatic heterocycles. The first-order chi connectivity index (χ1) is 12.5. The third-order valence-electron chi connectivity index (χ3n) is 5.58. The predicted octanol–water partition coefficient (Wildman–Crippen LogP) is 5.46. The van der Waals surface area contributed by atoms with Gasteiger partial charge in [-0.05, 0) is 74.2 Å². The third kappa shape index (κ3) is 3.24. The average molecular weight is 367 g/mol. The topological polar surface area (TPSA) is 36.1 Å². The zero-order chi connectivity index (χ0) is 18.3. The molecule has 1 N–H and O–H groups in total. The zero-order valence-electron chi connectivity index (χ0n) is 15.2. The molecule has 1 aromatic heterocycles. The van der Waals surface area contributed by atoms with Gasteiger partial charge < -0.3 is 9.88 Å². The highest BCUT2D eigenvalue weighted by atomic mass is 35.5. The Morgan fingerprint density at radius 3 is 2.54 bits per heavy atom. The SMILES string of the molecule is Cc1ccc(C(=O)N2CCC(c3cc4cc(Cl)ccc4[nH]3)CC2)cc1C. The minimum atomic E-state index is 0.148. The molecule has 0 aliphatic carbocycles. The molecule has 0 unspecified atom stereocenters. The number of piperidine rings is 1. The summed E-state index contributed by atoms with van der Waals surface area (Å²) in [4.78, 5) is 18.3. The Morgan fingerprint density at radius 1 is 1.04 bits per heavy atom. The summed E-state index contributed by atoms with van der Waals surface area (Å²) in [5.41, 5.74) is 5.56. The number of hydrogen-bond acceptors (Lipinski definition) is 1. The van der Waals surface area contributed by atoms with Crippen LogP contribution in [-0.2, 0) is 0 Å². The average Bonchev–Trinajstić information content (AvgIpc) is 3.06. The molecule has 0 saturated carbocycles. The quantitative estimate of drug-likeness (QED) is 0.642. The van der Waals surface area contributed by atoms with Crippen molar-refractivity contribution in [1.29, 1.82) is 0 Å². The first kappa shape index (κ1) is 17.2. The van der Waals surface area contributed by atoms with Gasteiger partial charge >= 0.3 is 0 Å². The molecule has 3 aromatic rings. The number of aromatic nitrogens is 1. The van der Waals surface area contributed by atoms with E-state index in [2.05, 4.69) is 24.9 Å². The highest BCUT2D eigenvalue weighted by molar-refractivity contribution is 6.31. The second-order valence-corrected chi connectivity index (χ2v) is 7.76. The molecule has 4 heteroatoms. The fraction of sp³-hybridized carbons (Fsp3) is 0.318. The maximum absolute atomic E-state index is 12.8. The van der Waals surface area contributed by atoms with Crippen LogP contribution in [0.25, 0.3) is 10.9 Å². The number of H-pyrrole nitrogens is 1. The van der Waals surface area contributed by atoms with E-state index in [9.17, 15) is 4.79 Å². The Labute approximate surface area is 159 Å². The maximum atomic E-state index is 12.8. The summed E-state index contributed by atoms with van der Waals surface area (Å²) >= 11 is 6.09. The van der Waals surface area contributed by atoms with E-state index < -0.39 is 0 Å². The van der Waals surface area contributed by atoms with Crippen LogP contribution in [0.5, 0.6) is 0 Å². The van der Waals surface area contributed by atoms with Crippen LogP contribution in [0.4, 0.5) is 0 Å². The van der Waals surface area contributed by atoms with Crippen molar-refractivity contribution in [2.24, 2.45) is 0 Å². The number of likely N-dealkylation sites (tertiary alicyclic amines) is 1. The van der Waals surface area contributed by atoms with Crippen molar-refractivity contribution in [2.75, 3.05) is 13.1 Å². The lowest BCUT2D eigenvalue weighted by Crippen LogP contribution is -2.38. The van der Waals surface area contributed by atoms with Gasteiger partial charge in [0.15, 0.2) is 0 Å². The number of rotatable bonds is 2. The number of aryl methyl sites for hydroxylation is 2. The minimum absolute atomic E-state index is 0.148. The molecule has 4 rings (SSSR count). The Bertz CT molecular complexity index is 967. The van der Waals surface area contributed by atoms with E-state index in [1.807, 2.05) is 41.3 Å². The molecule has 0 bridgehead atoms. The van der Waals surface area contributed by atoms with Crippen LogP contribution in [0, 0.1) is 13.8 Å². The molecule has 0 spiro atoms. The van der Waals surface area contributed by atoms with Gasteiger partial charge in [0.05, 0.1) is 0 Å². The Hall–Kier alpha value is -2.26. The van der Waals surface area contributed by atoms with Crippen molar-refractivity contribution in [3.63, 3.8) is 0 Å². The molecular formula is C22H23ClN2O. The van der Waals surface area contributed by atoms with E-state index >= 15 is 0 Å². The largest absolute Gasteiger partial charge is 0.358 e. The van der Waals surface area contributed by atoms with Gasteiger partial charge in [-0.15, -0.1) is 0 Å². The van der Waals surface area contributed by atoms with Crippen LogP contribution in [0.1, 0.15) is 45.9 Å². The van der Waals surface area contributed by atoms with Crippen LogP contribution < -0.4 is 0 Å². The number of nitrogens with one attached hydrogen (secondary N) is 1. The monoisotopic (exact) mass is 366 g/mol. The molecule has 1 saturated heterocycles. The minimum Gasteiger partial charge on any atom is -0.358 e. The van der Waals surface area contributed by atoms with Crippen LogP contribution in [0.15, 0.2) is 42.5 Å². The Balaban J connectivity index is 1.46. The number of carbonyl (C=O) groups is 1. The van der Waals surface area contributed by atoms with Crippen molar-refractivity contribution in [3.8, 4) is 0 Å². The predicted molar refractivity (Wildman–Crippen MR) is 107 cm³/mol. The molecule has 1 aliphatic rings. The van der Waals surface area contributed by atoms with Gasteiger partial charge in [-0.1, -0.05) is 17.7 Å². The summed E-state index contributed by atoms with van der Waals surface area (Å²) < 4.78 is 0. The van der Waals surface area contributed by atoms with Crippen LogP contribution >= 0.6 is 11.6 Å². The highest BCUT2D eigenvalue weighted by Gasteiger charge is 2.25. The molecular weight excluding hydrogens is 344 g/mol. The van der Waals surface area contributed by atoms with Crippen molar-refractivity contribution in [3.05, 3.63) is 69.9 Å². The first-order valence-corrected chi connectivity index (χ1v) is 9.54. The lowest BCUT2D eigenvalue weighted by atomic mass is 9.93. The fourth-order valence-electron chi connectivity index (χ4n) is 3.80. The molecule has 2 aromatic carbocycles. The molecule has 3 nitrogen and oxygen atoms in total.